The van der Waals surface area contributed by atoms with Crippen LogP contribution >= 0.6 is 0 Å². The standard InChI is InChI=1S/C30H26F6/c1-2-3-4-5-19-7-13-24(27(31)16-19)22-12-14-25-23(18-22)11-10-21(29(25)33)9-6-20-8-15-26(28(32)17-20)30(34,35)36/h7-8,10-18H,2-6,9H2,1H3. The fourth-order valence-corrected chi connectivity index (χ4v) is 4.45. The minimum Gasteiger partial charge on any atom is -0.206 e. The smallest absolute Gasteiger partial charge is 0.206 e. The van der Waals surface area contributed by atoms with Crippen molar-refractivity contribution in [3.63, 3.8) is 0 Å². The molecule has 0 fully saturated rings. The number of aryl methyl sites for hydroxylation is 3. The molecule has 0 aliphatic carbocycles. The molecule has 0 spiro atoms. The molecule has 0 aliphatic heterocycles. The van der Waals surface area contributed by atoms with Gasteiger partial charge in [-0.15, -0.1) is 0 Å². The topological polar surface area (TPSA) is 0 Å². The number of halogens is 6. The van der Waals surface area contributed by atoms with Crippen molar-refractivity contribution in [2.24, 2.45) is 0 Å². The molecule has 0 bridgehead atoms. The molecule has 0 nitrogen and oxygen atoms in total. The number of benzene rings is 4. The Bertz CT molecular complexity index is 1370. The third-order valence-electron chi connectivity index (χ3n) is 6.47. The molecule has 4 aromatic carbocycles. The lowest BCUT2D eigenvalue weighted by molar-refractivity contribution is -0.140. The van der Waals surface area contributed by atoms with E-state index in [1.54, 1.807) is 42.5 Å². The molecule has 0 amide bonds. The van der Waals surface area contributed by atoms with Crippen molar-refractivity contribution in [2.75, 3.05) is 0 Å². The van der Waals surface area contributed by atoms with Crippen molar-refractivity contribution in [1.82, 2.24) is 0 Å². The second kappa shape index (κ2) is 10.8. The highest BCUT2D eigenvalue weighted by Gasteiger charge is 2.33. The zero-order valence-electron chi connectivity index (χ0n) is 19.9. The lowest BCUT2D eigenvalue weighted by Crippen LogP contribution is -2.08. The van der Waals surface area contributed by atoms with Gasteiger partial charge in [-0.25, -0.2) is 13.2 Å². The largest absolute Gasteiger partial charge is 0.419 e. The summed E-state index contributed by atoms with van der Waals surface area (Å²) in [7, 11) is 0. The third kappa shape index (κ3) is 5.75. The first-order valence-corrected chi connectivity index (χ1v) is 12.0. The Hall–Kier alpha value is -3.28. The summed E-state index contributed by atoms with van der Waals surface area (Å²) in [6.07, 6.45) is -0.331. The van der Waals surface area contributed by atoms with Crippen molar-refractivity contribution < 1.29 is 26.3 Å². The van der Waals surface area contributed by atoms with Crippen LogP contribution in [0.25, 0.3) is 21.9 Å². The lowest BCUT2D eigenvalue weighted by atomic mass is 9.96. The molecule has 188 valence electrons. The maximum Gasteiger partial charge on any atom is 0.419 e. The van der Waals surface area contributed by atoms with Gasteiger partial charge in [0.1, 0.15) is 17.5 Å². The molecule has 0 aromatic heterocycles. The fraction of sp³-hybridized carbons (Fsp3) is 0.267. The van der Waals surface area contributed by atoms with E-state index in [-0.39, 0.29) is 18.7 Å². The van der Waals surface area contributed by atoms with Crippen molar-refractivity contribution in [2.45, 2.75) is 51.6 Å². The first kappa shape index (κ1) is 25.8. The van der Waals surface area contributed by atoms with Gasteiger partial charge >= 0.3 is 6.18 Å². The zero-order chi connectivity index (χ0) is 25.9. The Morgan fingerprint density at radius 2 is 1.39 bits per heavy atom. The molecular formula is C30H26F6. The van der Waals surface area contributed by atoms with Gasteiger partial charge in [-0.3, -0.25) is 0 Å². The van der Waals surface area contributed by atoms with Crippen LogP contribution in [0.15, 0.2) is 66.7 Å². The molecule has 0 unspecified atom stereocenters. The number of fused-ring (bicyclic) bond motifs is 1. The average molecular weight is 501 g/mol. The summed E-state index contributed by atoms with van der Waals surface area (Å²) in [5.41, 5.74) is 1.45. The van der Waals surface area contributed by atoms with Gasteiger partial charge in [-0.1, -0.05) is 62.2 Å². The van der Waals surface area contributed by atoms with E-state index < -0.39 is 23.4 Å². The summed E-state index contributed by atoms with van der Waals surface area (Å²) in [4.78, 5) is 0. The Morgan fingerprint density at radius 1 is 0.667 bits per heavy atom. The molecule has 6 heteroatoms. The molecular weight excluding hydrogens is 474 g/mol. The maximum absolute atomic E-state index is 15.2. The predicted octanol–water partition coefficient (Wildman–Crippen LogP) is 9.46. The fourth-order valence-electron chi connectivity index (χ4n) is 4.45. The van der Waals surface area contributed by atoms with E-state index in [0.29, 0.717) is 39.1 Å². The second-order valence-electron chi connectivity index (χ2n) is 9.06. The van der Waals surface area contributed by atoms with Crippen LogP contribution in [-0.4, -0.2) is 0 Å². The van der Waals surface area contributed by atoms with Crippen molar-refractivity contribution >= 4 is 10.8 Å². The molecule has 0 aliphatic rings. The first-order chi connectivity index (χ1) is 17.2. The Balaban J connectivity index is 1.52. The van der Waals surface area contributed by atoms with Crippen LogP contribution in [0.5, 0.6) is 0 Å². The number of hydrogen-bond acceptors (Lipinski definition) is 0. The Labute approximate surface area is 206 Å². The van der Waals surface area contributed by atoms with E-state index >= 15 is 4.39 Å². The summed E-state index contributed by atoms with van der Waals surface area (Å²) >= 11 is 0. The van der Waals surface area contributed by atoms with E-state index in [1.165, 1.54) is 6.07 Å². The normalized spacial score (nSPS) is 11.9. The predicted molar refractivity (Wildman–Crippen MR) is 131 cm³/mol. The highest BCUT2D eigenvalue weighted by atomic mass is 19.4. The number of unbranched alkanes of at least 4 members (excludes halogenated alkanes) is 2. The highest BCUT2D eigenvalue weighted by molar-refractivity contribution is 5.88. The van der Waals surface area contributed by atoms with Gasteiger partial charge in [-0.05, 0) is 77.6 Å². The number of alkyl halides is 3. The van der Waals surface area contributed by atoms with Crippen LogP contribution < -0.4 is 0 Å². The molecule has 0 saturated heterocycles. The minimum absolute atomic E-state index is 0.186. The summed E-state index contributed by atoms with van der Waals surface area (Å²) in [6.45, 7) is 2.12. The molecule has 0 heterocycles. The van der Waals surface area contributed by atoms with Gasteiger partial charge < -0.3 is 0 Å². The van der Waals surface area contributed by atoms with Crippen molar-refractivity contribution in [1.29, 1.82) is 0 Å². The Morgan fingerprint density at radius 3 is 2.08 bits per heavy atom. The van der Waals surface area contributed by atoms with Crippen LogP contribution in [0.1, 0.15) is 48.4 Å². The van der Waals surface area contributed by atoms with Gasteiger partial charge in [0.15, 0.2) is 0 Å². The lowest BCUT2D eigenvalue weighted by Gasteiger charge is -2.11. The quantitative estimate of drug-likeness (QED) is 0.167. The van der Waals surface area contributed by atoms with E-state index in [2.05, 4.69) is 6.92 Å². The molecule has 4 rings (SSSR count). The second-order valence-corrected chi connectivity index (χ2v) is 9.06. The van der Waals surface area contributed by atoms with E-state index in [0.717, 1.165) is 37.3 Å². The summed E-state index contributed by atoms with van der Waals surface area (Å²) in [5.74, 6) is -2.10. The zero-order valence-corrected chi connectivity index (χ0v) is 19.9. The van der Waals surface area contributed by atoms with Gasteiger partial charge in [0.2, 0.25) is 0 Å². The van der Waals surface area contributed by atoms with E-state index in [4.69, 9.17) is 0 Å². The number of rotatable bonds is 8. The van der Waals surface area contributed by atoms with Crippen LogP contribution in [0, 0.1) is 17.5 Å². The van der Waals surface area contributed by atoms with Crippen LogP contribution in [0.2, 0.25) is 0 Å². The average Bonchev–Trinajstić information content (AvgIpc) is 2.83. The van der Waals surface area contributed by atoms with Gasteiger partial charge in [0.25, 0.3) is 0 Å². The molecule has 0 atom stereocenters. The van der Waals surface area contributed by atoms with Gasteiger partial charge in [0.05, 0.1) is 5.56 Å². The molecule has 4 aromatic rings. The summed E-state index contributed by atoms with van der Waals surface area (Å²) in [6, 6.07) is 16.4. The van der Waals surface area contributed by atoms with Crippen LogP contribution in [0.3, 0.4) is 0 Å². The molecule has 0 N–H and O–H groups in total. The van der Waals surface area contributed by atoms with Crippen molar-refractivity contribution in [3.05, 3.63) is 106 Å². The van der Waals surface area contributed by atoms with E-state index in [9.17, 15) is 22.0 Å². The van der Waals surface area contributed by atoms with Gasteiger partial charge in [-0.2, -0.15) is 13.2 Å². The van der Waals surface area contributed by atoms with E-state index in [1.807, 2.05) is 6.07 Å². The summed E-state index contributed by atoms with van der Waals surface area (Å²) in [5, 5.41) is 0.979. The van der Waals surface area contributed by atoms with Crippen LogP contribution in [0.4, 0.5) is 26.3 Å². The monoisotopic (exact) mass is 500 g/mol. The molecule has 0 saturated carbocycles. The van der Waals surface area contributed by atoms with Gasteiger partial charge in [0, 0.05) is 10.9 Å². The maximum atomic E-state index is 15.2. The molecule has 36 heavy (non-hydrogen) atoms. The highest BCUT2D eigenvalue weighted by Crippen LogP contribution is 2.33. The van der Waals surface area contributed by atoms with Crippen LogP contribution in [-0.2, 0) is 25.4 Å². The summed E-state index contributed by atoms with van der Waals surface area (Å²) < 4.78 is 82.1. The molecule has 0 radical (unpaired) electrons. The Kier molecular flexibility index (Phi) is 7.72. The minimum atomic E-state index is -4.76. The SMILES string of the molecule is CCCCCc1ccc(-c2ccc3c(F)c(CCc4ccc(C(F)(F)F)c(F)c4)ccc3c2)c(F)c1. The third-order valence-corrected chi connectivity index (χ3v) is 6.47. The first-order valence-electron chi connectivity index (χ1n) is 12.0. The van der Waals surface area contributed by atoms with Crippen molar-refractivity contribution in [3.8, 4) is 11.1 Å². The number of hydrogen-bond donors (Lipinski definition) is 0.